The van der Waals surface area contributed by atoms with E-state index < -0.39 is 4.92 Å². The number of hydrogen-bond acceptors (Lipinski definition) is 4. The van der Waals surface area contributed by atoms with Crippen LogP contribution in [0.1, 0.15) is 6.92 Å². The van der Waals surface area contributed by atoms with Crippen LogP contribution in [0.2, 0.25) is 0 Å². The van der Waals surface area contributed by atoms with Gasteiger partial charge in [0.15, 0.2) is 0 Å². The summed E-state index contributed by atoms with van der Waals surface area (Å²) in [6, 6.07) is 6.35. The second-order valence-electron chi connectivity index (χ2n) is 3.42. The first-order valence-corrected chi connectivity index (χ1v) is 5.70. The molecule has 0 saturated carbocycles. The fourth-order valence-electron chi connectivity index (χ4n) is 0.975. The van der Waals surface area contributed by atoms with Gasteiger partial charge < -0.3 is 5.73 Å². The maximum Gasteiger partial charge on any atom is 0.269 e. The fourth-order valence-corrected chi connectivity index (χ4v) is 1.93. The van der Waals surface area contributed by atoms with Gasteiger partial charge in [-0.1, -0.05) is 6.92 Å². The molecule has 0 bridgehead atoms. The summed E-state index contributed by atoms with van der Waals surface area (Å²) in [6.07, 6.45) is 0. The summed E-state index contributed by atoms with van der Waals surface area (Å²) in [6.45, 7) is 1.88. The minimum Gasteiger partial charge on any atom is -0.387 e. The van der Waals surface area contributed by atoms with Crippen LogP contribution in [0.4, 0.5) is 5.69 Å². The summed E-state index contributed by atoms with van der Waals surface area (Å²) in [5.41, 5.74) is 5.43. The van der Waals surface area contributed by atoms with Gasteiger partial charge >= 0.3 is 0 Å². The molecule has 0 aromatic heterocycles. The molecule has 0 fully saturated rings. The normalized spacial score (nSPS) is 12.1. The average Bonchev–Trinajstić information content (AvgIpc) is 2.26. The number of non-ortho nitro benzene ring substituents is 1. The Morgan fingerprint density at radius 3 is 2.56 bits per heavy atom. The summed E-state index contributed by atoms with van der Waals surface area (Å²) in [5, 5.41) is 17.7. The number of nitrogens with one attached hydrogen (secondary N) is 1. The average molecular weight is 239 g/mol. The van der Waals surface area contributed by atoms with Gasteiger partial charge in [-0.15, -0.1) is 11.8 Å². The third kappa shape index (κ3) is 3.54. The fraction of sp³-hybridized carbons (Fsp3) is 0.300. The summed E-state index contributed by atoms with van der Waals surface area (Å²) in [5.74, 6) is 0.877. The lowest BCUT2D eigenvalue weighted by atomic mass is 10.2. The van der Waals surface area contributed by atoms with Crippen molar-refractivity contribution in [3.63, 3.8) is 0 Å². The molecule has 0 aliphatic heterocycles. The molecule has 1 rings (SSSR count). The molecule has 5 nitrogen and oxygen atoms in total. The lowest BCUT2D eigenvalue weighted by Gasteiger charge is -2.08. The molecule has 1 aromatic rings. The van der Waals surface area contributed by atoms with E-state index in [1.807, 2.05) is 6.92 Å². The molecule has 16 heavy (non-hydrogen) atoms. The third-order valence-electron chi connectivity index (χ3n) is 2.08. The van der Waals surface area contributed by atoms with Crippen LogP contribution in [0.3, 0.4) is 0 Å². The Balaban J connectivity index is 2.56. The summed E-state index contributed by atoms with van der Waals surface area (Å²) in [7, 11) is 0. The third-order valence-corrected chi connectivity index (χ3v) is 3.35. The van der Waals surface area contributed by atoms with Crippen LogP contribution in [0, 0.1) is 21.4 Å². The van der Waals surface area contributed by atoms with Crippen molar-refractivity contribution < 1.29 is 4.92 Å². The highest BCUT2D eigenvalue weighted by Crippen LogP contribution is 2.23. The Hall–Kier alpha value is -1.56. The number of rotatable bonds is 5. The molecule has 0 saturated heterocycles. The van der Waals surface area contributed by atoms with Crippen molar-refractivity contribution >= 4 is 23.3 Å². The quantitative estimate of drug-likeness (QED) is 0.271. The number of amidine groups is 1. The Bertz CT molecular complexity index is 392. The second kappa shape index (κ2) is 5.50. The Labute approximate surface area is 97.7 Å². The molecule has 0 amide bonds. The second-order valence-corrected chi connectivity index (χ2v) is 4.51. The van der Waals surface area contributed by atoms with E-state index in [4.69, 9.17) is 11.1 Å². The molecule has 0 heterocycles. The standard InChI is InChI=1S/C10H13N3O2S/c1-7(10(11)12)6-16-9-4-2-8(3-5-9)13(14)15/h2-5,7H,6H2,1H3,(H3,11,12). The van der Waals surface area contributed by atoms with E-state index in [1.54, 1.807) is 12.1 Å². The Kier molecular flexibility index (Phi) is 4.30. The zero-order chi connectivity index (χ0) is 12.1. The van der Waals surface area contributed by atoms with Gasteiger partial charge in [0.1, 0.15) is 0 Å². The number of nitro benzene ring substituents is 1. The molecular weight excluding hydrogens is 226 g/mol. The van der Waals surface area contributed by atoms with Gasteiger partial charge in [-0.25, -0.2) is 0 Å². The van der Waals surface area contributed by atoms with Crippen molar-refractivity contribution in [2.75, 3.05) is 5.75 Å². The van der Waals surface area contributed by atoms with Gasteiger partial charge in [0.25, 0.3) is 5.69 Å². The van der Waals surface area contributed by atoms with Crippen molar-refractivity contribution in [2.24, 2.45) is 11.7 Å². The molecule has 1 unspecified atom stereocenters. The Morgan fingerprint density at radius 1 is 1.56 bits per heavy atom. The van der Waals surface area contributed by atoms with Crippen molar-refractivity contribution in [1.82, 2.24) is 0 Å². The van der Waals surface area contributed by atoms with Crippen LogP contribution in [0.25, 0.3) is 0 Å². The van der Waals surface area contributed by atoms with Gasteiger partial charge in [-0.05, 0) is 12.1 Å². The zero-order valence-electron chi connectivity index (χ0n) is 8.84. The Morgan fingerprint density at radius 2 is 2.12 bits per heavy atom. The molecule has 86 valence electrons. The van der Waals surface area contributed by atoms with E-state index in [-0.39, 0.29) is 17.4 Å². The van der Waals surface area contributed by atoms with Gasteiger partial charge in [-0.3, -0.25) is 15.5 Å². The highest BCUT2D eigenvalue weighted by molar-refractivity contribution is 7.99. The lowest BCUT2D eigenvalue weighted by Crippen LogP contribution is -2.21. The van der Waals surface area contributed by atoms with E-state index in [2.05, 4.69) is 0 Å². The maximum atomic E-state index is 10.4. The summed E-state index contributed by atoms with van der Waals surface area (Å²) < 4.78 is 0. The first kappa shape index (κ1) is 12.5. The monoisotopic (exact) mass is 239 g/mol. The molecule has 6 heteroatoms. The van der Waals surface area contributed by atoms with E-state index in [9.17, 15) is 10.1 Å². The van der Waals surface area contributed by atoms with E-state index in [0.717, 1.165) is 4.90 Å². The lowest BCUT2D eigenvalue weighted by molar-refractivity contribution is -0.384. The van der Waals surface area contributed by atoms with Crippen molar-refractivity contribution in [3.8, 4) is 0 Å². The van der Waals surface area contributed by atoms with Gasteiger partial charge in [0.2, 0.25) is 0 Å². The van der Waals surface area contributed by atoms with Gasteiger partial charge in [-0.2, -0.15) is 0 Å². The summed E-state index contributed by atoms with van der Waals surface area (Å²) >= 11 is 1.53. The highest BCUT2D eigenvalue weighted by atomic mass is 32.2. The van der Waals surface area contributed by atoms with Crippen LogP contribution in [0.5, 0.6) is 0 Å². The van der Waals surface area contributed by atoms with Crippen LogP contribution in [0.15, 0.2) is 29.2 Å². The smallest absolute Gasteiger partial charge is 0.269 e. The molecule has 3 N–H and O–H groups in total. The number of thioether (sulfide) groups is 1. The minimum atomic E-state index is -0.424. The number of nitro groups is 1. The summed E-state index contributed by atoms with van der Waals surface area (Å²) in [4.78, 5) is 10.9. The van der Waals surface area contributed by atoms with Crippen molar-refractivity contribution in [3.05, 3.63) is 34.4 Å². The largest absolute Gasteiger partial charge is 0.387 e. The van der Waals surface area contributed by atoms with Crippen LogP contribution in [-0.2, 0) is 0 Å². The van der Waals surface area contributed by atoms with Crippen LogP contribution < -0.4 is 5.73 Å². The number of hydrogen-bond donors (Lipinski definition) is 2. The molecular formula is C10H13N3O2S. The SMILES string of the molecule is CC(CSc1ccc([N+](=O)[O-])cc1)C(=N)N. The number of benzene rings is 1. The van der Waals surface area contributed by atoms with Gasteiger partial charge in [0.05, 0.1) is 10.8 Å². The molecule has 1 atom stereocenters. The van der Waals surface area contributed by atoms with Crippen molar-refractivity contribution in [1.29, 1.82) is 5.41 Å². The number of nitrogens with two attached hydrogens (primary N) is 1. The predicted octanol–water partition coefficient (Wildman–Crippen LogP) is 2.26. The topological polar surface area (TPSA) is 93.0 Å². The minimum absolute atomic E-state index is 0.0141. The molecule has 0 aliphatic rings. The molecule has 1 aromatic carbocycles. The van der Waals surface area contributed by atoms with Crippen LogP contribution in [-0.4, -0.2) is 16.5 Å². The molecule has 0 spiro atoms. The predicted molar refractivity (Wildman–Crippen MR) is 64.9 cm³/mol. The zero-order valence-corrected chi connectivity index (χ0v) is 9.66. The van der Waals surface area contributed by atoms with E-state index >= 15 is 0 Å². The first-order chi connectivity index (χ1) is 7.50. The van der Waals surface area contributed by atoms with Gasteiger partial charge in [0, 0.05) is 28.7 Å². The molecule has 0 radical (unpaired) electrons. The highest BCUT2D eigenvalue weighted by Gasteiger charge is 2.07. The number of nitrogens with zero attached hydrogens (tertiary/aromatic N) is 1. The van der Waals surface area contributed by atoms with Crippen LogP contribution >= 0.6 is 11.8 Å². The van der Waals surface area contributed by atoms with Crippen molar-refractivity contribution in [2.45, 2.75) is 11.8 Å². The maximum absolute atomic E-state index is 10.4. The van der Waals surface area contributed by atoms with E-state index in [1.165, 1.54) is 23.9 Å². The first-order valence-electron chi connectivity index (χ1n) is 4.72. The molecule has 0 aliphatic carbocycles. The van der Waals surface area contributed by atoms with E-state index in [0.29, 0.717) is 5.75 Å².